The number of oxazole rings is 3. The number of nitrogens with zero attached hydrogens (tertiary/aromatic N) is 20. The first-order valence-corrected chi connectivity index (χ1v) is 32.9. The van der Waals surface area contributed by atoms with Gasteiger partial charge in [-0.3, -0.25) is 19.8 Å². The number of methoxy groups -OCH3 is 3. The van der Waals surface area contributed by atoms with E-state index in [4.69, 9.17) is 75.4 Å². The zero-order valence-corrected chi connectivity index (χ0v) is 63.6. The summed E-state index contributed by atoms with van der Waals surface area (Å²) >= 11 is 0. The van der Waals surface area contributed by atoms with Gasteiger partial charge in [-0.25, -0.2) is 50.7 Å². The summed E-state index contributed by atoms with van der Waals surface area (Å²) in [6, 6.07) is 54.5. The zero-order valence-electron chi connectivity index (χ0n) is 61.6. The number of rotatable bonds is 17. The molecule has 0 spiro atoms. The van der Waals surface area contributed by atoms with Crippen LogP contribution < -0.4 is 77.1 Å². The molecule has 6 aromatic carbocycles. The number of ether oxygens (including phenoxy) is 4. The number of azo groups is 1. The van der Waals surface area contributed by atoms with Crippen LogP contribution >= 0.6 is 0 Å². The molecule has 2 amide bonds. The number of nitriles is 4. The number of carbonyl (C=O) groups is 3. The zero-order chi connectivity index (χ0) is 81.1. The van der Waals surface area contributed by atoms with E-state index in [9.17, 15) is 19.6 Å². The predicted octanol–water partition coefficient (Wildman–Crippen LogP) is 8.49. The van der Waals surface area contributed by atoms with Gasteiger partial charge in [-0.1, -0.05) is 78.9 Å². The average Bonchev–Trinajstić information content (AvgIpc) is 1.75. The molecule has 114 heavy (non-hydrogen) atoms. The summed E-state index contributed by atoms with van der Waals surface area (Å²) < 4.78 is 39.5. The Labute approximate surface area is 670 Å². The number of anilines is 5. The number of aromatic nitrogens is 13. The van der Waals surface area contributed by atoms with E-state index in [1.807, 2.05) is 91.0 Å². The number of hydrazine groups is 1. The first kappa shape index (κ1) is 87.2. The standard InChI is InChI=1S/C24H17N9O3.C16H14N2O3.C11H11NO3.C8H6N6.C7H9NO.C5H4N2.C4H6N4.HNO2.Na/c1-35-18-9-4-2-7-16(18)29-22(34)20(23-30-17-8-3-5-10-19(17)36-23)31-32-21-15(13-25)14-28-33(21)24-26-11-6-12-27-24;1-20-13-8-4-2-6-11(13)17-15(19)10-16-18-12-7-3-5-9-14(12)21-16;1-2-14-11(13)7-10-12-8-5-3-4-6-9(8)15-10;9-4-6-5-13-14(7(6)10)8-11-2-1-3-12-8;1-9-7-5-3-2-4-6(7)8;1-2-5(3-6)4-7;5-8-4-6-2-1-3-7-4;2-1-3;/h2-12,14,20H,1H3,(H,29,34);2-9H,10H2,1H3,(H,17,19);3-6H,2,7H2,1H3;1-3,5H,10H2;2-5H,8H2,1H3;2H,1H3;1-3H,5H2,(H,6,7,8);(H,2,3);/q;;;;;;;;+1/p-1. The summed E-state index contributed by atoms with van der Waals surface area (Å²) in [7, 11) is 4.66. The Morgan fingerprint density at radius 3 is 1.46 bits per heavy atom. The summed E-state index contributed by atoms with van der Waals surface area (Å²) in [5.74, 6) is 7.78. The van der Waals surface area contributed by atoms with Crippen molar-refractivity contribution in [2.75, 3.05) is 55.5 Å². The molecule has 0 bridgehead atoms. The summed E-state index contributed by atoms with van der Waals surface area (Å²) in [6.07, 6.45) is 13.8. The van der Waals surface area contributed by atoms with Gasteiger partial charge in [0.15, 0.2) is 22.6 Å². The predicted molar refractivity (Wildman–Crippen MR) is 410 cm³/mol. The van der Waals surface area contributed by atoms with Crippen molar-refractivity contribution >= 4 is 85.7 Å². The van der Waals surface area contributed by atoms with Crippen LogP contribution in [-0.2, 0) is 32.0 Å². The Balaban J connectivity index is 0.000000222. The normalized spacial score (nSPS) is 10.0. The molecule has 570 valence electrons. The molecule has 0 fully saturated rings. The number of allylic oxidation sites excluding steroid dienone is 2. The second-order valence-corrected chi connectivity index (χ2v) is 21.3. The third-order valence-corrected chi connectivity index (χ3v) is 14.0. The van der Waals surface area contributed by atoms with Crippen molar-refractivity contribution in [3.8, 4) is 53.4 Å². The fraction of sp³-hybridized carbons (Fsp3) is 0.120. The number of nitrogen functional groups attached to an aromatic ring is 3. The molecule has 0 saturated heterocycles. The summed E-state index contributed by atoms with van der Waals surface area (Å²) in [5.41, 5.74) is 19.7. The third kappa shape index (κ3) is 26.3. The number of nitrogens with two attached hydrogens (primary N) is 3. The number of nitrogens with one attached hydrogen (secondary N) is 3. The molecule has 14 rings (SSSR count). The molecule has 39 heteroatoms. The summed E-state index contributed by atoms with van der Waals surface area (Å²) in [4.78, 5) is 81.2. The van der Waals surface area contributed by atoms with E-state index < -0.39 is 11.9 Å². The minimum Gasteiger partial charge on any atom is -0.495 e. The fourth-order valence-electron chi connectivity index (χ4n) is 8.95. The number of amides is 2. The maximum absolute atomic E-state index is 13.4. The van der Waals surface area contributed by atoms with E-state index in [0.717, 1.165) is 22.1 Å². The number of hydrogen-bond donors (Lipinski definition) is 6. The minimum atomic E-state index is -1.30. The smallest absolute Gasteiger partial charge is 0.495 e. The molecular formula is C75H67N26NaO12. The van der Waals surface area contributed by atoms with Crippen LogP contribution in [0, 0.1) is 55.4 Å². The van der Waals surface area contributed by atoms with Crippen LogP contribution in [0.15, 0.2) is 254 Å². The fourth-order valence-corrected chi connectivity index (χ4v) is 8.95. The quantitative estimate of drug-likeness (QED) is 0.00727. The summed E-state index contributed by atoms with van der Waals surface area (Å²) in [5, 5.41) is 65.2. The maximum atomic E-state index is 13.4. The second kappa shape index (κ2) is 47.1. The number of fused-ring (bicyclic) bond motifs is 3. The number of carbonyl (C=O) groups excluding carboxylic acids is 3. The molecule has 0 aliphatic carbocycles. The molecule has 8 aromatic heterocycles. The van der Waals surface area contributed by atoms with Gasteiger partial charge >= 0.3 is 35.5 Å². The van der Waals surface area contributed by atoms with Gasteiger partial charge in [0.25, 0.3) is 17.8 Å². The molecule has 14 aromatic rings. The average molecular weight is 1550 g/mol. The SMILES string of the molecule is CC=C(C#N)C#N.CCOC(=O)Cc1nc2ccccc2o1.COc1ccccc1N.COc1ccccc1NC(=O)C(N=Nc1c(C#N)cnn1-c1ncccn1)c1nc2ccccc2o1.COc1ccccc1NC(=O)Cc1nc2ccccc2o1.N#Cc1cnn(-c2ncccn2)c1N.NNc1ncccn1.O=N[O-].[Na+]. The van der Waals surface area contributed by atoms with Crippen LogP contribution in [-0.4, -0.2) is 110 Å². The largest absolute Gasteiger partial charge is 1.00 e. The van der Waals surface area contributed by atoms with Gasteiger partial charge in [0.05, 0.1) is 57.4 Å². The molecule has 1 unspecified atom stereocenters. The van der Waals surface area contributed by atoms with E-state index in [1.165, 1.54) is 47.3 Å². The van der Waals surface area contributed by atoms with Crippen LogP contribution in [0.1, 0.15) is 48.7 Å². The second-order valence-electron chi connectivity index (χ2n) is 21.3. The number of hydrogen-bond acceptors (Lipinski definition) is 34. The van der Waals surface area contributed by atoms with Crippen molar-refractivity contribution in [2.45, 2.75) is 32.7 Å². The van der Waals surface area contributed by atoms with Gasteiger partial charge in [-0.15, -0.1) is 10.5 Å². The monoisotopic (exact) mass is 1550 g/mol. The van der Waals surface area contributed by atoms with Crippen molar-refractivity contribution in [3.63, 3.8) is 0 Å². The molecule has 8 heterocycles. The summed E-state index contributed by atoms with van der Waals surface area (Å²) in [6.45, 7) is 3.80. The molecule has 0 radical (unpaired) electrons. The first-order chi connectivity index (χ1) is 55.1. The number of esters is 1. The van der Waals surface area contributed by atoms with Crippen molar-refractivity contribution in [2.24, 2.45) is 21.4 Å². The molecule has 0 aliphatic rings. The van der Waals surface area contributed by atoms with Crippen LogP contribution in [0.5, 0.6) is 17.2 Å². The third-order valence-electron chi connectivity index (χ3n) is 14.0. The Morgan fingerprint density at radius 1 is 0.579 bits per heavy atom. The van der Waals surface area contributed by atoms with Crippen molar-refractivity contribution in [3.05, 3.63) is 264 Å². The van der Waals surface area contributed by atoms with E-state index >= 15 is 0 Å². The maximum Gasteiger partial charge on any atom is 1.00 e. The molecule has 0 saturated carbocycles. The Bertz CT molecular complexity index is 5520. The van der Waals surface area contributed by atoms with Crippen LogP contribution in [0.3, 0.4) is 0 Å². The molecule has 0 aliphatic heterocycles. The van der Waals surface area contributed by atoms with Gasteiger partial charge < -0.3 is 64.4 Å². The minimum absolute atomic E-state index is 0. The van der Waals surface area contributed by atoms with E-state index in [-0.39, 0.29) is 88.9 Å². The van der Waals surface area contributed by atoms with Gasteiger partial charge in [0.1, 0.15) is 93.4 Å². The molecule has 9 N–H and O–H groups in total. The van der Waals surface area contributed by atoms with Gasteiger partial charge in [0.2, 0.25) is 35.6 Å². The van der Waals surface area contributed by atoms with Crippen molar-refractivity contribution in [1.82, 2.24) is 64.4 Å². The van der Waals surface area contributed by atoms with E-state index in [1.54, 1.807) is 150 Å². The molecular weight excluding hydrogens is 1480 g/mol. The van der Waals surface area contributed by atoms with E-state index in [0.29, 0.717) is 86.7 Å². The van der Waals surface area contributed by atoms with Crippen LogP contribution in [0.25, 0.3) is 45.2 Å². The molecule has 38 nitrogen and oxygen atoms in total. The van der Waals surface area contributed by atoms with Crippen molar-refractivity contribution in [1.29, 1.82) is 21.0 Å². The van der Waals surface area contributed by atoms with Crippen LogP contribution in [0.4, 0.5) is 34.6 Å². The Kier molecular flexibility index (Phi) is 36.1. The van der Waals surface area contributed by atoms with E-state index in [2.05, 4.69) is 81.3 Å². The van der Waals surface area contributed by atoms with Crippen molar-refractivity contribution < 1.29 is 76.1 Å². The molecule has 1 atom stereocenters. The topological polar surface area (TPSA) is 566 Å². The number of benzene rings is 6. The Hall–Kier alpha value is -15.7. The van der Waals surface area contributed by atoms with Crippen LogP contribution in [0.2, 0.25) is 0 Å². The first-order valence-electron chi connectivity index (χ1n) is 32.9. The van der Waals surface area contributed by atoms with Gasteiger partial charge in [-0.05, 0) is 105 Å². The van der Waals surface area contributed by atoms with Gasteiger partial charge in [-0.2, -0.15) is 45.7 Å². The van der Waals surface area contributed by atoms with Gasteiger partial charge in [0, 0.05) is 37.2 Å². The Morgan fingerprint density at radius 2 is 1.02 bits per heavy atom. The number of para-hydroxylation sites is 12.